The second kappa shape index (κ2) is 5.81. The number of alkyl halides is 4. The minimum Gasteiger partial charge on any atom is -0.348 e. The number of amides is 1. The molecule has 0 saturated carbocycles. The van der Waals surface area contributed by atoms with Gasteiger partial charge in [0.05, 0.1) is 6.54 Å². The number of hydrogen-bond donors (Lipinski definition) is 2. The van der Waals surface area contributed by atoms with E-state index in [9.17, 15) is 22.4 Å². The molecule has 0 spiro atoms. The van der Waals surface area contributed by atoms with Crippen LogP contribution in [0.5, 0.6) is 0 Å². The highest BCUT2D eigenvalue weighted by molar-refractivity contribution is 5.82. The first-order valence-electron chi connectivity index (χ1n) is 5.09. The molecule has 0 heterocycles. The molecule has 0 radical (unpaired) electrons. The Hall–Kier alpha value is -1.63. The summed E-state index contributed by atoms with van der Waals surface area (Å²) in [7, 11) is 0. The Bertz CT molecular complexity index is 397. The highest BCUT2D eigenvalue weighted by Crippen LogP contribution is 2.21. The van der Waals surface area contributed by atoms with Crippen LogP contribution < -0.4 is 11.1 Å². The Morgan fingerprint density at radius 1 is 1.28 bits per heavy atom. The summed E-state index contributed by atoms with van der Waals surface area (Å²) in [6, 6.07) is 6.84. The van der Waals surface area contributed by atoms with Crippen molar-refractivity contribution in [3.8, 4) is 0 Å². The van der Waals surface area contributed by atoms with E-state index in [0.29, 0.717) is 5.56 Å². The largest absolute Gasteiger partial charge is 0.348 e. The number of nitrogens with two attached hydrogens (primary N) is 1. The number of benzene rings is 1. The Labute approximate surface area is 101 Å². The standard InChI is InChI=1S/C11H12F4N2O/c12-10(13)11(14,15)6-17-9(18)8(16)7-4-2-1-3-5-7/h1-5,8,10H,6,16H2,(H,17,18)/t8-/m0/s1. The molecule has 0 unspecified atom stereocenters. The second-order valence-corrected chi connectivity index (χ2v) is 3.67. The van der Waals surface area contributed by atoms with Gasteiger partial charge in [0.15, 0.2) is 0 Å². The van der Waals surface area contributed by atoms with Gasteiger partial charge in [0.1, 0.15) is 6.04 Å². The molecule has 0 aliphatic carbocycles. The summed E-state index contributed by atoms with van der Waals surface area (Å²) in [6.07, 6.45) is -3.83. The zero-order valence-corrected chi connectivity index (χ0v) is 9.25. The maximum atomic E-state index is 12.6. The summed E-state index contributed by atoms with van der Waals surface area (Å²) in [5.41, 5.74) is 5.91. The number of rotatable bonds is 5. The van der Waals surface area contributed by atoms with E-state index in [0.717, 1.165) is 0 Å². The lowest BCUT2D eigenvalue weighted by molar-refractivity contribution is -0.137. The van der Waals surface area contributed by atoms with Gasteiger partial charge in [0.25, 0.3) is 0 Å². The van der Waals surface area contributed by atoms with Crippen molar-refractivity contribution < 1.29 is 22.4 Å². The third-order valence-corrected chi connectivity index (χ3v) is 2.26. The molecule has 1 aromatic carbocycles. The molecule has 18 heavy (non-hydrogen) atoms. The Balaban J connectivity index is 2.57. The molecule has 7 heteroatoms. The topological polar surface area (TPSA) is 55.1 Å². The van der Waals surface area contributed by atoms with Gasteiger partial charge in [-0.05, 0) is 5.56 Å². The van der Waals surface area contributed by atoms with E-state index in [2.05, 4.69) is 0 Å². The highest BCUT2D eigenvalue weighted by Gasteiger charge is 2.41. The van der Waals surface area contributed by atoms with Crippen LogP contribution >= 0.6 is 0 Å². The molecule has 0 aliphatic heterocycles. The number of halogens is 4. The molecule has 1 rings (SSSR count). The zero-order chi connectivity index (χ0) is 13.8. The van der Waals surface area contributed by atoms with Gasteiger partial charge in [0, 0.05) is 0 Å². The van der Waals surface area contributed by atoms with Crippen LogP contribution in [0.1, 0.15) is 11.6 Å². The molecule has 0 aromatic heterocycles. The molecule has 1 atom stereocenters. The van der Waals surface area contributed by atoms with Crippen molar-refractivity contribution in [1.82, 2.24) is 5.32 Å². The van der Waals surface area contributed by atoms with E-state index in [1.807, 2.05) is 0 Å². The van der Waals surface area contributed by atoms with Gasteiger partial charge < -0.3 is 11.1 Å². The molecule has 3 N–H and O–H groups in total. The maximum Gasteiger partial charge on any atom is 0.324 e. The van der Waals surface area contributed by atoms with E-state index in [1.54, 1.807) is 23.5 Å². The zero-order valence-electron chi connectivity index (χ0n) is 9.25. The number of hydrogen-bond acceptors (Lipinski definition) is 2. The van der Waals surface area contributed by atoms with Crippen molar-refractivity contribution in [2.45, 2.75) is 18.4 Å². The van der Waals surface area contributed by atoms with Crippen LogP contribution in [-0.4, -0.2) is 24.8 Å². The molecular formula is C11H12F4N2O. The van der Waals surface area contributed by atoms with Crippen LogP contribution in [-0.2, 0) is 4.79 Å². The van der Waals surface area contributed by atoms with Crippen molar-refractivity contribution in [1.29, 1.82) is 0 Å². The van der Waals surface area contributed by atoms with E-state index in [1.165, 1.54) is 12.1 Å². The number of carbonyl (C=O) groups excluding carboxylic acids is 1. The molecule has 0 aliphatic rings. The lowest BCUT2D eigenvalue weighted by atomic mass is 10.1. The molecule has 1 aromatic rings. The van der Waals surface area contributed by atoms with E-state index in [-0.39, 0.29) is 0 Å². The third kappa shape index (κ3) is 3.69. The summed E-state index contributed by atoms with van der Waals surface area (Å²) < 4.78 is 48.8. The third-order valence-electron chi connectivity index (χ3n) is 2.26. The minimum atomic E-state index is -4.26. The average Bonchev–Trinajstić information content (AvgIpc) is 2.36. The molecular weight excluding hydrogens is 252 g/mol. The summed E-state index contributed by atoms with van der Waals surface area (Å²) >= 11 is 0. The van der Waals surface area contributed by atoms with Crippen LogP contribution in [0.25, 0.3) is 0 Å². The number of carbonyl (C=O) groups is 1. The van der Waals surface area contributed by atoms with Crippen LogP contribution in [0.4, 0.5) is 17.6 Å². The first kappa shape index (κ1) is 14.4. The van der Waals surface area contributed by atoms with Crippen molar-refractivity contribution in [2.75, 3.05) is 6.54 Å². The van der Waals surface area contributed by atoms with Gasteiger partial charge in [0.2, 0.25) is 5.91 Å². The SMILES string of the molecule is N[C@H](C(=O)NCC(F)(F)C(F)F)c1ccccc1. The Kier molecular flexibility index (Phi) is 4.66. The fourth-order valence-corrected chi connectivity index (χ4v) is 1.20. The van der Waals surface area contributed by atoms with Gasteiger partial charge >= 0.3 is 12.3 Å². The van der Waals surface area contributed by atoms with Gasteiger partial charge in [-0.2, -0.15) is 8.78 Å². The van der Waals surface area contributed by atoms with Crippen LogP contribution in [0, 0.1) is 0 Å². The first-order chi connectivity index (χ1) is 8.34. The lowest BCUT2D eigenvalue weighted by Crippen LogP contribution is -2.44. The highest BCUT2D eigenvalue weighted by atomic mass is 19.3. The Morgan fingerprint density at radius 3 is 2.33 bits per heavy atom. The first-order valence-corrected chi connectivity index (χ1v) is 5.09. The fourth-order valence-electron chi connectivity index (χ4n) is 1.20. The average molecular weight is 264 g/mol. The molecule has 100 valence electrons. The van der Waals surface area contributed by atoms with Gasteiger partial charge in [-0.3, -0.25) is 4.79 Å². The molecule has 3 nitrogen and oxygen atoms in total. The van der Waals surface area contributed by atoms with Crippen molar-refractivity contribution in [3.05, 3.63) is 35.9 Å². The van der Waals surface area contributed by atoms with Crippen molar-refractivity contribution in [2.24, 2.45) is 5.73 Å². The van der Waals surface area contributed by atoms with Crippen LogP contribution in [0.15, 0.2) is 30.3 Å². The van der Waals surface area contributed by atoms with E-state index >= 15 is 0 Å². The molecule has 0 fully saturated rings. The molecule has 1 amide bonds. The van der Waals surface area contributed by atoms with Gasteiger partial charge in [-0.15, -0.1) is 0 Å². The van der Waals surface area contributed by atoms with Gasteiger partial charge in [-0.25, -0.2) is 8.78 Å². The normalized spacial score (nSPS) is 13.4. The van der Waals surface area contributed by atoms with E-state index < -0.39 is 30.8 Å². The molecule has 0 saturated heterocycles. The second-order valence-electron chi connectivity index (χ2n) is 3.67. The smallest absolute Gasteiger partial charge is 0.324 e. The summed E-state index contributed by atoms with van der Waals surface area (Å²) in [5.74, 6) is -5.19. The molecule has 0 bridgehead atoms. The van der Waals surface area contributed by atoms with Crippen molar-refractivity contribution in [3.63, 3.8) is 0 Å². The summed E-state index contributed by atoms with van der Waals surface area (Å²) in [4.78, 5) is 11.4. The lowest BCUT2D eigenvalue weighted by Gasteiger charge is -2.18. The monoisotopic (exact) mass is 264 g/mol. The predicted molar refractivity (Wildman–Crippen MR) is 57.3 cm³/mol. The number of nitrogens with one attached hydrogen (secondary N) is 1. The van der Waals surface area contributed by atoms with Gasteiger partial charge in [-0.1, -0.05) is 30.3 Å². The summed E-state index contributed by atoms with van der Waals surface area (Å²) in [6.45, 7) is -1.44. The van der Waals surface area contributed by atoms with Crippen molar-refractivity contribution >= 4 is 5.91 Å². The Morgan fingerprint density at radius 2 is 1.83 bits per heavy atom. The maximum absolute atomic E-state index is 12.6. The van der Waals surface area contributed by atoms with Crippen LogP contribution in [0.2, 0.25) is 0 Å². The van der Waals surface area contributed by atoms with E-state index in [4.69, 9.17) is 5.73 Å². The minimum absolute atomic E-state index is 0.412. The van der Waals surface area contributed by atoms with Crippen LogP contribution in [0.3, 0.4) is 0 Å². The summed E-state index contributed by atoms with van der Waals surface area (Å²) in [5, 5.41) is 1.71. The predicted octanol–water partition coefficient (Wildman–Crippen LogP) is 1.70. The quantitative estimate of drug-likeness (QED) is 0.795. The fraction of sp³-hybridized carbons (Fsp3) is 0.364.